The Kier molecular flexibility index (Phi) is 1.17. The third-order valence-corrected chi connectivity index (χ3v) is 1.50. The van der Waals surface area contributed by atoms with E-state index in [9.17, 15) is 0 Å². The average molecular weight is 131 g/mol. The largest absolute Gasteiger partial charge is 0.361 e. The van der Waals surface area contributed by atoms with Gasteiger partial charge in [-0.3, -0.25) is 0 Å². The Morgan fingerprint density at radius 3 is 3.50 bits per heavy atom. The zero-order valence-electron chi connectivity index (χ0n) is 5.46. The molecule has 0 fully saturated rings. The quantitative estimate of drug-likeness (QED) is 0.575. The number of anilines is 1. The van der Waals surface area contributed by atoms with E-state index in [0.717, 1.165) is 17.8 Å². The van der Waals surface area contributed by atoms with Gasteiger partial charge in [-0.2, -0.15) is 0 Å². The van der Waals surface area contributed by atoms with E-state index in [-0.39, 0.29) is 0 Å². The Labute approximate surface area is 59.6 Å². The molecule has 1 radical (unpaired) electrons. The Balaban J connectivity index is 2.47. The number of fused-ring (bicyclic) bond motifs is 1. The fourth-order valence-electron chi connectivity index (χ4n) is 0.998. The molecule has 0 aliphatic carbocycles. The van der Waals surface area contributed by atoms with Crippen LogP contribution in [0.1, 0.15) is 5.69 Å². The molecule has 2 heteroatoms. The first-order valence-electron chi connectivity index (χ1n) is 3.24. The predicted octanol–water partition coefficient (Wildman–Crippen LogP) is 1.36. The van der Waals surface area contributed by atoms with Crippen LogP contribution in [0.15, 0.2) is 24.4 Å². The lowest BCUT2D eigenvalue weighted by atomic mass is 10.2. The van der Waals surface area contributed by atoms with Gasteiger partial charge in [-0.05, 0) is 18.3 Å². The normalized spacial score (nSPS) is 14.0. The van der Waals surface area contributed by atoms with Crippen molar-refractivity contribution < 1.29 is 0 Å². The summed E-state index contributed by atoms with van der Waals surface area (Å²) in [6.45, 7) is 0. The molecule has 0 unspecified atom stereocenters. The summed E-state index contributed by atoms with van der Waals surface area (Å²) in [6.07, 6.45) is 7.69. The molecule has 2 rings (SSSR count). The zero-order valence-corrected chi connectivity index (χ0v) is 5.46. The Bertz CT molecular complexity index is 239. The van der Waals surface area contributed by atoms with Crippen molar-refractivity contribution in [1.29, 1.82) is 0 Å². The number of hydrogen-bond acceptors (Lipinski definition) is 2. The monoisotopic (exact) mass is 131 g/mol. The van der Waals surface area contributed by atoms with Crippen molar-refractivity contribution in [2.24, 2.45) is 0 Å². The van der Waals surface area contributed by atoms with Gasteiger partial charge in [-0.15, -0.1) is 0 Å². The summed E-state index contributed by atoms with van der Waals surface area (Å²) < 4.78 is 0. The van der Waals surface area contributed by atoms with E-state index in [1.807, 2.05) is 24.4 Å². The topological polar surface area (TPSA) is 24.9 Å². The van der Waals surface area contributed by atoms with Crippen molar-refractivity contribution in [3.8, 4) is 0 Å². The SMILES string of the molecule is [c]1ccc2c(n1)CC=CN2. The molecular formula is C8H7N2. The second kappa shape index (κ2) is 2.14. The maximum absolute atomic E-state index is 4.08. The highest BCUT2D eigenvalue weighted by Gasteiger charge is 2.02. The van der Waals surface area contributed by atoms with E-state index in [0.29, 0.717) is 0 Å². The molecule has 2 heterocycles. The number of aromatic nitrogens is 1. The summed E-state index contributed by atoms with van der Waals surface area (Å²) in [7, 11) is 0. The van der Waals surface area contributed by atoms with Crippen molar-refractivity contribution in [2.45, 2.75) is 6.42 Å². The molecule has 0 bridgehead atoms. The summed E-state index contributed by atoms with van der Waals surface area (Å²) in [6, 6.07) is 3.79. The first-order valence-corrected chi connectivity index (χ1v) is 3.24. The number of nitrogens with zero attached hydrogens (tertiary/aromatic N) is 1. The fraction of sp³-hybridized carbons (Fsp3) is 0.125. The van der Waals surface area contributed by atoms with Gasteiger partial charge in [0.2, 0.25) is 0 Å². The minimum Gasteiger partial charge on any atom is -0.361 e. The lowest BCUT2D eigenvalue weighted by molar-refractivity contribution is 1.08. The van der Waals surface area contributed by atoms with Crippen LogP contribution in [-0.2, 0) is 6.42 Å². The molecule has 0 amide bonds. The van der Waals surface area contributed by atoms with Gasteiger partial charge in [0.1, 0.15) is 0 Å². The fourth-order valence-corrected chi connectivity index (χ4v) is 0.998. The summed E-state index contributed by atoms with van der Waals surface area (Å²) in [4.78, 5) is 4.08. The second-order valence-corrected chi connectivity index (χ2v) is 2.19. The van der Waals surface area contributed by atoms with E-state index in [2.05, 4.69) is 16.5 Å². The smallest absolute Gasteiger partial charge is 0.0891 e. The van der Waals surface area contributed by atoms with Gasteiger partial charge in [-0.1, -0.05) is 6.08 Å². The van der Waals surface area contributed by atoms with Gasteiger partial charge in [-0.25, -0.2) is 4.98 Å². The van der Waals surface area contributed by atoms with Crippen LogP contribution in [0.4, 0.5) is 5.69 Å². The van der Waals surface area contributed by atoms with Gasteiger partial charge in [0.25, 0.3) is 0 Å². The van der Waals surface area contributed by atoms with E-state index >= 15 is 0 Å². The van der Waals surface area contributed by atoms with Crippen LogP contribution in [0.2, 0.25) is 0 Å². The molecule has 49 valence electrons. The molecular weight excluding hydrogens is 124 g/mol. The molecule has 0 aromatic carbocycles. The highest BCUT2D eigenvalue weighted by molar-refractivity contribution is 5.52. The zero-order chi connectivity index (χ0) is 6.81. The molecule has 0 saturated heterocycles. The first-order chi connectivity index (χ1) is 4.97. The van der Waals surface area contributed by atoms with Crippen LogP contribution in [0.5, 0.6) is 0 Å². The number of pyridine rings is 1. The van der Waals surface area contributed by atoms with E-state index in [1.165, 1.54) is 0 Å². The van der Waals surface area contributed by atoms with E-state index in [1.54, 1.807) is 0 Å². The first kappa shape index (κ1) is 5.47. The number of allylic oxidation sites excluding steroid dienone is 1. The van der Waals surface area contributed by atoms with Gasteiger partial charge < -0.3 is 5.32 Å². The minimum absolute atomic E-state index is 0.916. The van der Waals surface area contributed by atoms with Crippen LogP contribution in [0.25, 0.3) is 0 Å². The molecule has 0 atom stereocenters. The standard InChI is InChI=1S/C8H7N2/c1-3-7-8(9-5-1)4-2-6-10-7/h1-3,6,10H,4H2. The predicted molar refractivity (Wildman–Crippen MR) is 39.5 cm³/mol. The molecule has 1 N–H and O–H groups in total. The maximum Gasteiger partial charge on any atom is 0.0891 e. The van der Waals surface area contributed by atoms with Crippen LogP contribution in [-0.4, -0.2) is 4.98 Å². The summed E-state index contributed by atoms with van der Waals surface area (Å²) in [5.41, 5.74) is 2.17. The lowest BCUT2D eigenvalue weighted by Gasteiger charge is -2.09. The third kappa shape index (κ3) is 0.778. The number of rotatable bonds is 0. The third-order valence-electron chi connectivity index (χ3n) is 1.50. The highest BCUT2D eigenvalue weighted by atomic mass is 14.9. The minimum atomic E-state index is 0.916. The van der Waals surface area contributed by atoms with Gasteiger partial charge >= 0.3 is 0 Å². The molecule has 1 aliphatic heterocycles. The van der Waals surface area contributed by atoms with Crippen molar-refractivity contribution in [3.63, 3.8) is 0 Å². The van der Waals surface area contributed by atoms with Crippen LogP contribution in [0, 0.1) is 6.20 Å². The van der Waals surface area contributed by atoms with Crippen molar-refractivity contribution in [2.75, 3.05) is 5.32 Å². The van der Waals surface area contributed by atoms with Crippen LogP contribution >= 0.6 is 0 Å². The summed E-state index contributed by atoms with van der Waals surface area (Å²) in [5, 5.41) is 3.10. The molecule has 2 nitrogen and oxygen atoms in total. The number of hydrogen-bond donors (Lipinski definition) is 1. The van der Waals surface area contributed by atoms with Crippen LogP contribution < -0.4 is 5.32 Å². The van der Waals surface area contributed by atoms with E-state index in [4.69, 9.17) is 0 Å². The molecule has 0 spiro atoms. The Hall–Kier alpha value is -1.31. The molecule has 1 aromatic rings. The summed E-state index contributed by atoms with van der Waals surface area (Å²) in [5.74, 6) is 0. The molecule has 0 saturated carbocycles. The average Bonchev–Trinajstić information content (AvgIpc) is 2.05. The molecule has 10 heavy (non-hydrogen) atoms. The Morgan fingerprint density at radius 1 is 1.60 bits per heavy atom. The van der Waals surface area contributed by atoms with Crippen LogP contribution in [0.3, 0.4) is 0 Å². The van der Waals surface area contributed by atoms with Gasteiger partial charge in [0.05, 0.1) is 17.6 Å². The Morgan fingerprint density at radius 2 is 2.60 bits per heavy atom. The summed E-state index contributed by atoms with van der Waals surface area (Å²) >= 11 is 0. The maximum atomic E-state index is 4.08. The van der Waals surface area contributed by atoms with Gasteiger partial charge in [0.15, 0.2) is 0 Å². The number of nitrogens with one attached hydrogen (secondary N) is 1. The van der Waals surface area contributed by atoms with Gasteiger partial charge in [0, 0.05) is 6.42 Å². The molecule has 1 aromatic heterocycles. The van der Waals surface area contributed by atoms with Crippen molar-refractivity contribution in [1.82, 2.24) is 4.98 Å². The highest BCUT2D eigenvalue weighted by Crippen LogP contribution is 2.15. The van der Waals surface area contributed by atoms with Crippen molar-refractivity contribution in [3.05, 3.63) is 36.3 Å². The van der Waals surface area contributed by atoms with E-state index < -0.39 is 0 Å². The van der Waals surface area contributed by atoms with Crippen molar-refractivity contribution >= 4 is 5.69 Å². The lowest BCUT2D eigenvalue weighted by Crippen LogP contribution is -2.01. The second-order valence-electron chi connectivity index (χ2n) is 2.19. The molecule has 1 aliphatic rings.